The first-order valence-electron chi connectivity index (χ1n) is 8.28. The number of carbonyl (C=O) groups is 1. The molecule has 0 radical (unpaired) electrons. The van der Waals surface area contributed by atoms with E-state index in [1.54, 1.807) is 0 Å². The van der Waals surface area contributed by atoms with E-state index in [1.165, 1.54) is 26.2 Å². The fourth-order valence-corrected chi connectivity index (χ4v) is 4.86. The van der Waals surface area contributed by atoms with Gasteiger partial charge in [0.1, 0.15) is 4.90 Å². The van der Waals surface area contributed by atoms with Gasteiger partial charge in [-0.25, -0.2) is 12.7 Å². The fraction of sp³-hybridized carbons (Fsp3) is 0.588. The van der Waals surface area contributed by atoms with Crippen LogP contribution in [0.1, 0.15) is 43.5 Å². The van der Waals surface area contributed by atoms with Crippen LogP contribution in [0.2, 0.25) is 10.0 Å². The van der Waals surface area contributed by atoms with Crippen molar-refractivity contribution in [1.29, 1.82) is 0 Å². The van der Waals surface area contributed by atoms with Crippen LogP contribution in [0.3, 0.4) is 0 Å². The number of carbonyl (C=O) groups excluding carboxylic acids is 1. The maximum atomic E-state index is 12.7. The molecule has 1 aliphatic rings. The molecule has 140 valence electrons. The Morgan fingerprint density at radius 3 is 2.40 bits per heavy atom. The lowest BCUT2D eigenvalue weighted by Gasteiger charge is -2.34. The van der Waals surface area contributed by atoms with Crippen molar-refractivity contribution in [2.45, 2.75) is 44.0 Å². The number of nitrogens with one attached hydrogen (secondary N) is 1. The molecule has 8 heteroatoms. The normalized spacial score (nSPS) is 24.4. The van der Waals surface area contributed by atoms with Gasteiger partial charge in [0.05, 0.1) is 15.6 Å². The summed E-state index contributed by atoms with van der Waals surface area (Å²) in [4.78, 5) is 12.6. The van der Waals surface area contributed by atoms with E-state index in [1.807, 2.05) is 0 Å². The summed E-state index contributed by atoms with van der Waals surface area (Å²) < 4.78 is 25.8. The Bertz CT molecular complexity index is 765. The molecule has 0 heterocycles. The van der Waals surface area contributed by atoms with Crippen LogP contribution in [0.5, 0.6) is 0 Å². The van der Waals surface area contributed by atoms with Crippen LogP contribution < -0.4 is 5.32 Å². The average molecular weight is 407 g/mol. The molecule has 1 amide bonds. The zero-order chi connectivity index (χ0) is 18.9. The van der Waals surface area contributed by atoms with Gasteiger partial charge < -0.3 is 5.32 Å². The van der Waals surface area contributed by atoms with Crippen molar-refractivity contribution in [2.24, 2.45) is 11.8 Å². The molecule has 1 fully saturated rings. The van der Waals surface area contributed by atoms with Gasteiger partial charge in [0.2, 0.25) is 10.0 Å². The number of amides is 1. The molecule has 1 aromatic rings. The maximum absolute atomic E-state index is 12.7. The molecule has 0 spiro atoms. The van der Waals surface area contributed by atoms with Gasteiger partial charge in [0.25, 0.3) is 5.91 Å². The van der Waals surface area contributed by atoms with E-state index in [2.05, 4.69) is 19.2 Å². The fourth-order valence-electron chi connectivity index (χ4n) is 3.13. The highest BCUT2D eigenvalue weighted by Gasteiger charge is 2.30. The van der Waals surface area contributed by atoms with Crippen LogP contribution in [-0.4, -0.2) is 38.8 Å². The second-order valence-corrected chi connectivity index (χ2v) is 9.83. The molecule has 1 aromatic carbocycles. The monoisotopic (exact) mass is 406 g/mol. The second-order valence-electron chi connectivity index (χ2n) is 6.90. The summed E-state index contributed by atoms with van der Waals surface area (Å²) in [5.41, 5.74) is 0.122. The smallest absolute Gasteiger partial charge is 0.253 e. The van der Waals surface area contributed by atoms with Crippen molar-refractivity contribution in [3.05, 3.63) is 27.7 Å². The SMILES string of the molecule is C[C@@H]1[C@H](C)CCC[C@@H]1NC(=O)c1cc(S(=O)(=O)N(C)C)c(Cl)cc1Cl. The number of sulfonamides is 1. The van der Waals surface area contributed by atoms with Crippen molar-refractivity contribution in [3.8, 4) is 0 Å². The van der Waals surface area contributed by atoms with Gasteiger partial charge in [-0.05, 0) is 30.4 Å². The lowest BCUT2D eigenvalue weighted by Crippen LogP contribution is -2.43. The number of hydrogen-bond acceptors (Lipinski definition) is 3. The molecule has 25 heavy (non-hydrogen) atoms. The highest BCUT2D eigenvalue weighted by atomic mass is 35.5. The molecule has 0 aromatic heterocycles. The van der Waals surface area contributed by atoms with Gasteiger partial charge in [0.15, 0.2) is 0 Å². The van der Waals surface area contributed by atoms with Crippen LogP contribution in [0.15, 0.2) is 17.0 Å². The first-order chi connectivity index (χ1) is 11.6. The number of rotatable bonds is 4. The van der Waals surface area contributed by atoms with Gasteiger partial charge in [-0.2, -0.15) is 0 Å². The van der Waals surface area contributed by atoms with Crippen molar-refractivity contribution in [2.75, 3.05) is 14.1 Å². The van der Waals surface area contributed by atoms with Gasteiger partial charge in [0, 0.05) is 20.1 Å². The molecule has 2 rings (SSSR count). The Morgan fingerprint density at radius 2 is 1.80 bits per heavy atom. The number of nitrogens with zero attached hydrogens (tertiary/aromatic N) is 1. The third-order valence-electron chi connectivity index (χ3n) is 5.05. The summed E-state index contributed by atoms with van der Waals surface area (Å²) >= 11 is 12.2. The minimum Gasteiger partial charge on any atom is -0.349 e. The Kier molecular flexibility index (Phi) is 6.41. The van der Waals surface area contributed by atoms with Crippen LogP contribution in [0.25, 0.3) is 0 Å². The average Bonchev–Trinajstić information content (AvgIpc) is 2.51. The molecule has 0 bridgehead atoms. The Balaban J connectivity index is 2.34. The first kappa shape index (κ1) is 20.5. The zero-order valence-corrected chi connectivity index (χ0v) is 17.2. The molecular formula is C17H24Cl2N2O3S. The van der Waals surface area contributed by atoms with E-state index in [0.717, 1.165) is 23.6 Å². The van der Waals surface area contributed by atoms with Gasteiger partial charge in [-0.15, -0.1) is 0 Å². The lowest BCUT2D eigenvalue weighted by molar-refractivity contribution is 0.0891. The largest absolute Gasteiger partial charge is 0.349 e. The summed E-state index contributed by atoms with van der Waals surface area (Å²) in [5, 5.41) is 3.14. The van der Waals surface area contributed by atoms with Crippen LogP contribution in [-0.2, 0) is 10.0 Å². The molecule has 1 saturated carbocycles. The van der Waals surface area contributed by atoms with Crippen LogP contribution >= 0.6 is 23.2 Å². The van der Waals surface area contributed by atoms with Crippen LogP contribution in [0, 0.1) is 11.8 Å². The summed E-state index contributed by atoms with van der Waals surface area (Å²) in [6, 6.07) is 2.62. The predicted octanol–water partition coefficient (Wildman–Crippen LogP) is 3.80. The Labute approximate surface area is 159 Å². The third-order valence-corrected chi connectivity index (χ3v) is 7.64. The molecule has 0 unspecified atom stereocenters. The number of benzene rings is 1. The molecule has 1 aliphatic carbocycles. The van der Waals surface area contributed by atoms with E-state index in [4.69, 9.17) is 23.2 Å². The predicted molar refractivity (Wildman–Crippen MR) is 101 cm³/mol. The molecular weight excluding hydrogens is 383 g/mol. The quantitative estimate of drug-likeness (QED) is 0.826. The standard InChI is InChI=1S/C17H24Cl2N2O3S/c1-10-6-5-7-15(11(10)2)20-17(22)12-8-16(14(19)9-13(12)18)25(23,24)21(3)4/h8-11,15H,5-7H2,1-4H3,(H,20,22)/t10-,11-,15+/m1/s1. The van der Waals surface area contributed by atoms with Gasteiger partial charge in [-0.3, -0.25) is 4.79 Å². The first-order valence-corrected chi connectivity index (χ1v) is 10.5. The van der Waals surface area contributed by atoms with E-state index in [9.17, 15) is 13.2 Å². The molecule has 5 nitrogen and oxygen atoms in total. The Morgan fingerprint density at radius 1 is 1.16 bits per heavy atom. The number of halogens is 2. The maximum Gasteiger partial charge on any atom is 0.253 e. The van der Waals surface area contributed by atoms with Crippen molar-refractivity contribution in [1.82, 2.24) is 9.62 Å². The lowest BCUT2D eigenvalue weighted by atomic mass is 9.78. The molecule has 1 N–H and O–H groups in total. The third kappa shape index (κ3) is 4.30. The summed E-state index contributed by atoms with van der Waals surface area (Å²) in [7, 11) is -0.955. The second kappa shape index (κ2) is 7.82. The molecule has 0 aliphatic heterocycles. The highest BCUT2D eigenvalue weighted by Crippen LogP contribution is 2.32. The van der Waals surface area contributed by atoms with Gasteiger partial charge in [-0.1, -0.05) is 49.9 Å². The minimum atomic E-state index is -3.77. The van der Waals surface area contributed by atoms with E-state index in [-0.39, 0.29) is 32.5 Å². The summed E-state index contributed by atoms with van der Waals surface area (Å²) in [6.07, 6.45) is 3.12. The van der Waals surface area contributed by atoms with Gasteiger partial charge >= 0.3 is 0 Å². The number of hydrogen-bond donors (Lipinski definition) is 1. The van der Waals surface area contributed by atoms with E-state index < -0.39 is 10.0 Å². The van der Waals surface area contributed by atoms with E-state index in [0.29, 0.717) is 11.8 Å². The Hall–Kier alpha value is -0.820. The molecule has 0 saturated heterocycles. The summed E-state index contributed by atoms with van der Waals surface area (Å²) in [6.45, 7) is 4.31. The van der Waals surface area contributed by atoms with E-state index >= 15 is 0 Å². The summed E-state index contributed by atoms with van der Waals surface area (Å²) in [5.74, 6) is 0.515. The zero-order valence-electron chi connectivity index (χ0n) is 14.8. The van der Waals surface area contributed by atoms with Crippen molar-refractivity contribution < 1.29 is 13.2 Å². The van der Waals surface area contributed by atoms with Crippen molar-refractivity contribution >= 4 is 39.1 Å². The topological polar surface area (TPSA) is 66.5 Å². The minimum absolute atomic E-state index is 0.00472. The highest BCUT2D eigenvalue weighted by molar-refractivity contribution is 7.89. The van der Waals surface area contributed by atoms with Crippen LogP contribution in [0.4, 0.5) is 0 Å². The molecule has 3 atom stereocenters. The van der Waals surface area contributed by atoms with Crippen molar-refractivity contribution in [3.63, 3.8) is 0 Å².